The molecule has 0 radical (unpaired) electrons. The van der Waals surface area contributed by atoms with Crippen molar-refractivity contribution in [1.29, 1.82) is 0 Å². The Balaban J connectivity index is 0.921. The van der Waals surface area contributed by atoms with Gasteiger partial charge >= 0.3 is 5.97 Å². The molecule has 6 aromatic carbocycles. The fourth-order valence-corrected chi connectivity index (χ4v) is 15.9. The second-order valence-electron chi connectivity index (χ2n) is 32.6. The summed E-state index contributed by atoms with van der Waals surface area (Å²) in [5, 5.41) is 45.4. The SMILES string of the molecule is CN[C@@H](C)C(=O)N[C@H](C(=O)N1C[C@@H]2C[C@H]1C(=O)N[C@@H](Cc1ccc3ccccc3c1)C(=O)N[C@H](C(=O)O)Cc1ccc(cc1)CCCCO[C@H]1C[C@@H](C(=O)N[C@@H](Cc3ccc4ccccc4c3)C(=O)N[C@H](C(=O)NS(=O)(=O)C3CC3)Cc3ccc(cc3)OCc3cn2nn3)N(C(=O)[C@@H](NC(=O)[C@H](C)NC)C(C)(C)C)C1)C(C)(C)C. The van der Waals surface area contributed by atoms with E-state index in [-0.39, 0.29) is 64.8 Å². The topological polar surface area (TPSA) is 389 Å². The van der Waals surface area contributed by atoms with Gasteiger partial charge in [-0.05, 0) is 132 Å². The number of carbonyl (C=O) groups excluding carboxylic acids is 9. The number of likely N-dealkylation sites (tertiary alicyclic amines) is 2. The summed E-state index contributed by atoms with van der Waals surface area (Å²) in [7, 11) is -0.939. The quantitative estimate of drug-likeness (QED) is 0.0620. The number of benzene rings is 6. The van der Waals surface area contributed by atoms with Crippen LogP contribution in [0.5, 0.6) is 5.75 Å². The zero-order chi connectivity index (χ0) is 81.9. The van der Waals surface area contributed by atoms with Gasteiger partial charge in [-0.2, -0.15) is 0 Å². The fourth-order valence-electron chi connectivity index (χ4n) is 14.5. The average molecular weight is 1580 g/mol. The van der Waals surface area contributed by atoms with E-state index in [1.807, 2.05) is 97.1 Å². The molecular weight excluding hydrogens is 1480 g/mol. The van der Waals surface area contributed by atoms with Gasteiger partial charge < -0.3 is 66.9 Å². The van der Waals surface area contributed by atoms with Gasteiger partial charge in [-0.1, -0.05) is 168 Å². The number of aliphatic carboxylic acids is 1. The van der Waals surface area contributed by atoms with Crippen LogP contribution in [0.25, 0.3) is 21.5 Å². The van der Waals surface area contributed by atoms with Crippen molar-refractivity contribution in [3.8, 4) is 5.75 Å². The number of hydrogen-bond acceptors (Lipinski definition) is 18. The van der Waals surface area contributed by atoms with E-state index in [1.165, 1.54) is 14.5 Å². The molecule has 0 unspecified atom stereocenters. The molecule has 3 fully saturated rings. The van der Waals surface area contributed by atoms with Crippen molar-refractivity contribution < 1.29 is 70.9 Å². The van der Waals surface area contributed by atoms with Crippen LogP contribution in [0, 0.1) is 10.8 Å². The first-order valence-electron chi connectivity index (χ1n) is 39.1. The first kappa shape index (κ1) is 84.2. The summed E-state index contributed by atoms with van der Waals surface area (Å²) in [5.41, 5.74) is 1.80. The maximum absolute atomic E-state index is 15.4. The minimum atomic E-state index is -4.17. The summed E-state index contributed by atoms with van der Waals surface area (Å²) in [6.07, 6.45) is 2.67. The zero-order valence-corrected chi connectivity index (χ0v) is 67.0. The highest BCUT2D eigenvalue weighted by Crippen LogP contribution is 2.34. The molecule has 7 heterocycles. The predicted molar refractivity (Wildman–Crippen MR) is 427 cm³/mol. The smallest absolute Gasteiger partial charge is 0.326 e. The van der Waals surface area contributed by atoms with Gasteiger partial charge in [0.05, 0.1) is 35.7 Å². The number of nitrogens with zero attached hydrogens (tertiary/aromatic N) is 5. The molecule has 1 aliphatic carbocycles. The molecule has 114 heavy (non-hydrogen) atoms. The van der Waals surface area contributed by atoms with E-state index in [0.717, 1.165) is 27.1 Å². The summed E-state index contributed by atoms with van der Waals surface area (Å²) in [5.74, 6) is -7.16. The maximum atomic E-state index is 15.4. The van der Waals surface area contributed by atoms with Crippen molar-refractivity contribution in [3.05, 3.63) is 173 Å². The molecule has 14 rings (SSSR count). The summed E-state index contributed by atoms with van der Waals surface area (Å²) in [4.78, 5) is 149. The third kappa shape index (κ3) is 21.6. The Morgan fingerprint density at radius 1 is 0.588 bits per heavy atom. The third-order valence-corrected chi connectivity index (χ3v) is 23.6. The van der Waals surface area contributed by atoms with Gasteiger partial charge in [0.15, 0.2) is 0 Å². The summed E-state index contributed by atoms with van der Waals surface area (Å²) < 4.78 is 43.5. The highest BCUT2D eigenvalue weighted by atomic mass is 32.2. The Morgan fingerprint density at radius 2 is 1.07 bits per heavy atom. The van der Waals surface area contributed by atoms with Gasteiger partial charge in [-0.25, -0.2) is 17.9 Å². The minimum absolute atomic E-state index is 0.0111. The molecule has 7 aliphatic rings. The number of nitrogens with one attached hydrogen (secondary N) is 9. The van der Waals surface area contributed by atoms with Crippen molar-refractivity contribution in [2.45, 2.75) is 210 Å². The number of rotatable bonds is 16. The lowest BCUT2D eigenvalue weighted by molar-refractivity contribution is -0.145. The molecule has 10 bridgehead atoms. The summed E-state index contributed by atoms with van der Waals surface area (Å²) >= 11 is 0. The molecule has 608 valence electrons. The lowest BCUT2D eigenvalue weighted by Gasteiger charge is -2.36. The zero-order valence-electron chi connectivity index (χ0n) is 66.2. The van der Waals surface area contributed by atoms with E-state index >= 15 is 24.0 Å². The van der Waals surface area contributed by atoms with Crippen LogP contribution in [-0.4, -0.2) is 203 Å². The monoisotopic (exact) mass is 1580 g/mol. The summed E-state index contributed by atoms with van der Waals surface area (Å²) in [6.45, 7) is 13.9. The average Bonchev–Trinajstić information content (AvgIpc) is 1.59. The largest absolute Gasteiger partial charge is 0.487 e. The molecule has 1 saturated carbocycles. The van der Waals surface area contributed by atoms with Crippen molar-refractivity contribution in [2.24, 2.45) is 10.8 Å². The molecule has 0 spiro atoms. The first-order chi connectivity index (χ1) is 54.2. The highest BCUT2D eigenvalue weighted by Gasteiger charge is 2.49. The van der Waals surface area contributed by atoms with Crippen LogP contribution >= 0.6 is 0 Å². The van der Waals surface area contributed by atoms with Gasteiger partial charge in [-0.15, -0.1) is 5.10 Å². The minimum Gasteiger partial charge on any atom is -0.487 e. The van der Waals surface area contributed by atoms with E-state index in [2.05, 4.69) is 57.6 Å². The lowest BCUT2D eigenvalue weighted by atomic mass is 9.85. The van der Waals surface area contributed by atoms with Crippen LogP contribution in [0.2, 0.25) is 0 Å². The van der Waals surface area contributed by atoms with E-state index in [1.54, 1.807) is 112 Å². The molecule has 1 aromatic heterocycles. The molecule has 10 N–H and O–H groups in total. The van der Waals surface area contributed by atoms with Crippen LogP contribution in [0.3, 0.4) is 0 Å². The van der Waals surface area contributed by atoms with E-state index in [0.29, 0.717) is 65.8 Å². The third-order valence-electron chi connectivity index (χ3n) is 21.7. The molecule has 2 saturated heterocycles. The fraction of sp³-hybridized carbons (Fsp3) is 0.476. The number of hydrogen-bond donors (Lipinski definition) is 10. The van der Waals surface area contributed by atoms with E-state index in [4.69, 9.17) is 9.47 Å². The molecule has 29 nitrogen and oxygen atoms in total. The maximum Gasteiger partial charge on any atom is 0.326 e. The van der Waals surface area contributed by atoms with Crippen LogP contribution < -0.4 is 52.0 Å². The second kappa shape index (κ2) is 36.6. The Labute approximate surface area is 664 Å². The Kier molecular flexibility index (Phi) is 27.1. The number of aromatic nitrogens is 3. The van der Waals surface area contributed by atoms with Crippen molar-refractivity contribution >= 4 is 90.7 Å². The number of likely N-dealkylation sites (N-methyl/N-ethyl adjacent to an activating group) is 2. The summed E-state index contributed by atoms with van der Waals surface area (Å²) in [6, 6.07) is 27.4. The van der Waals surface area contributed by atoms with Crippen molar-refractivity contribution in [1.82, 2.24) is 72.1 Å². The van der Waals surface area contributed by atoms with Crippen molar-refractivity contribution in [2.75, 3.05) is 33.8 Å². The van der Waals surface area contributed by atoms with Gasteiger partial charge in [0, 0.05) is 58.2 Å². The van der Waals surface area contributed by atoms with Gasteiger partial charge in [-0.3, -0.25) is 47.9 Å². The number of fused-ring (bicyclic) bond motifs is 2. The van der Waals surface area contributed by atoms with Crippen LogP contribution in [-0.2, 0) is 101 Å². The number of amides is 9. The Hall–Kier alpha value is -10.7. The first-order valence-corrected chi connectivity index (χ1v) is 40.6. The second-order valence-corrected chi connectivity index (χ2v) is 34.6. The van der Waals surface area contributed by atoms with Crippen LogP contribution in [0.1, 0.15) is 133 Å². The molecule has 9 amide bonds. The normalized spacial score (nSPS) is 22.5. The molecule has 6 aliphatic heterocycles. The van der Waals surface area contributed by atoms with Gasteiger partial charge in [0.25, 0.3) is 5.91 Å². The van der Waals surface area contributed by atoms with Crippen LogP contribution in [0.15, 0.2) is 140 Å². The van der Waals surface area contributed by atoms with E-state index in [9.17, 15) is 37.5 Å². The van der Waals surface area contributed by atoms with Crippen molar-refractivity contribution in [3.63, 3.8) is 0 Å². The van der Waals surface area contributed by atoms with Gasteiger partial charge in [0.2, 0.25) is 57.3 Å². The van der Waals surface area contributed by atoms with E-state index < -0.39 is 158 Å². The number of ether oxygens (including phenoxy) is 2. The molecule has 7 aromatic rings. The molecule has 30 heteroatoms. The number of sulfonamides is 1. The predicted octanol–water partition coefficient (Wildman–Crippen LogP) is 4.81. The molecule has 12 atom stereocenters. The highest BCUT2D eigenvalue weighted by molar-refractivity contribution is 7.91. The Morgan fingerprint density at radius 3 is 1.58 bits per heavy atom. The number of carbonyl (C=O) groups is 10. The Bertz CT molecular complexity index is 4790. The molecular formula is C84H106N14O15S. The number of carboxylic acids is 1. The lowest BCUT2D eigenvalue weighted by Crippen LogP contribution is -2.61. The standard InChI is InChI=1S/C84H106N14O15S/c1-49(85-9)73(99)91-71(83(3,4)5)80(106)96-46-61-43-69(96)78(104)88-66(42-55-27-31-57-19-12-14-21-59(57)38-55)76(102)90-68(82(108)109)40-52-24-22-51(23-25-52)17-15-16-36-112-63-44-70(97(47-63)81(107)72(84(6,7)8)92-74(100)50(2)86-10)79(105)89-65(41-54-26-30-56-18-11-13-20-58(56)37-54)75(101)87-67(77(103)94-114(110,111)64-34-35-64)39-53-28-32-62(33-29-53)113-48-60-45-98(61)95-93-60/h11-14,18-33,37-38,45,49-50,61,63-72,85-86H,15-17,34-36,39-44,46-48H2,1-10H3,(H,87,101)(H,88,104)(H,89,105)(H,90,102)(H,91,99)(H,92,100)(H,94,103)(H,108,109)/t49-,50-,61-,63-,65-,66-,67-,68-,69-,70-,71+,72+/m0/s1. The van der Waals surface area contributed by atoms with Gasteiger partial charge in [0.1, 0.15) is 66.4 Å². The number of aryl methyl sites for hydroxylation is 1. The van der Waals surface area contributed by atoms with Crippen LogP contribution in [0.4, 0.5) is 0 Å². The number of carboxylic acid groups (broad SMARTS) is 1.